The van der Waals surface area contributed by atoms with Gasteiger partial charge in [0, 0.05) is 54.1 Å². The maximum atomic E-state index is 6.03. The highest BCUT2D eigenvalue weighted by atomic mass is 35.5. The van der Waals surface area contributed by atoms with Crippen LogP contribution < -0.4 is 5.73 Å². The second kappa shape index (κ2) is 9.18. The van der Waals surface area contributed by atoms with E-state index in [4.69, 9.17) is 10.5 Å². The molecule has 0 radical (unpaired) electrons. The van der Waals surface area contributed by atoms with Crippen LogP contribution in [0.15, 0.2) is 43.0 Å². The topological polar surface area (TPSA) is 61.0 Å². The number of rotatable bonds is 2. The minimum absolute atomic E-state index is 0. The van der Waals surface area contributed by atoms with E-state index in [1.165, 1.54) is 0 Å². The first-order valence-electron chi connectivity index (χ1n) is 6.07. The fraction of sp³-hybridized carbons (Fsp3) is 0.286. The number of pyridine rings is 2. The molecule has 2 N–H and O–H groups in total. The van der Waals surface area contributed by atoms with Gasteiger partial charge in [0.15, 0.2) is 0 Å². The van der Waals surface area contributed by atoms with Crippen LogP contribution in [0.2, 0.25) is 0 Å². The van der Waals surface area contributed by atoms with Gasteiger partial charge >= 0.3 is 0 Å². The van der Waals surface area contributed by atoms with E-state index in [0.29, 0.717) is 0 Å². The molecule has 0 spiro atoms. The Balaban J connectivity index is 0.00000133. The van der Waals surface area contributed by atoms with Crippen LogP contribution in [0.3, 0.4) is 0 Å². The lowest BCUT2D eigenvalue weighted by molar-refractivity contribution is 0.105. The van der Waals surface area contributed by atoms with Crippen molar-refractivity contribution in [1.82, 2.24) is 9.97 Å². The number of aromatic nitrogens is 2. The van der Waals surface area contributed by atoms with Crippen LogP contribution in [0.25, 0.3) is 11.1 Å². The van der Waals surface area contributed by atoms with Gasteiger partial charge in [0.05, 0.1) is 6.10 Å². The van der Waals surface area contributed by atoms with E-state index in [1.54, 1.807) is 6.20 Å². The molecule has 1 saturated heterocycles. The van der Waals surface area contributed by atoms with Crippen molar-refractivity contribution in [3.63, 3.8) is 0 Å². The summed E-state index contributed by atoms with van der Waals surface area (Å²) in [6, 6.07) is 6.08. The summed E-state index contributed by atoms with van der Waals surface area (Å²) in [4.78, 5) is 8.40. The molecule has 1 aliphatic heterocycles. The Hall–Kier alpha value is -0.910. The standard InChI is InChI=1S/C14H15N3O.3ClH/c15-13-3-5-18-14(13)12-6-11(8-17-9-12)10-2-1-4-16-7-10;;;/h1-2,4,6-9,13-14H,3,5,15H2;3*1H/t13-,14+;;;/m1.../s1. The zero-order valence-corrected chi connectivity index (χ0v) is 13.7. The monoisotopic (exact) mass is 349 g/mol. The molecule has 0 aliphatic carbocycles. The smallest absolute Gasteiger partial charge is 0.0991 e. The van der Waals surface area contributed by atoms with Crippen molar-refractivity contribution in [2.24, 2.45) is 5.73 Å². The lowest BCUT2D eigenvalue weighted by atomic mass is 10.0. The van der Waals surface area contributed by atoms with Crippen molar-refractivity contribution < 1.29 is 4.74 Å². The number of halogens is 3. The summed E-state index contributed by atoms with van der Waals surface area (Å²) >= 11 is 0. The molecule has 116 valence electrons. The third kappa shape index (κ3) is 4.53. The Labute approximate surface area is 142 Å². The van der Waals surface area contributed by atoms with Crippen molar-refractivity contribution in [1.29, 1.82) is 0 Å². The third-order valence-electron chi connectivity index (χ3n) is 3.22. The Morgan fingerprint density at radius 2 is 1.81 bits per heavy atom. The molecular formula is C14H18Cl3N3O. The molecule has 1 aliphatic rings. The van der Waals surface area contributed by atoms with Crippen molar-refractivity contribution in [2.75, 3.05) is 6.61 Å². The molecule has 0 saturated carbocycles. The number of ether oxygens (including phenoxy) is 1. The molecule has 2 aromatic rings. The predicted octanol–water partition coefficient (Wildman–Crippen LogP) is 3.20. The SMILES string of the molecule is Cl.Cl.Cl.N[C@@H]1CCO[C@H]1c1cncc(-c2cccnc2)c1. The van der Waals surface area contributed by atoms with Gasteiger partial charge in [-0.3, -0.25) is 9.97 Å². The lowest BCUT2D eigenvalue weighted by Crippen LogP contribution is -2.23. The normalized spacial score (nSPS) is 19.9. The molecular weight excluding hydrogens is 333 g/mol. The zero-order valence-electron chi connectivity index (χ0n) is 11.2. The molecule has 21 heavy (non-hydrogen) atoms. The Kier molecular flexibility index (Phi) is 8.78. The minimum atomic E-state index is -0.0332. The van der Waals surface area contributed by atoms with Gasteiger partial charge in [0.25, 0.3) is 0 Å². The van der Waals surface area contributed by atoms with E-state index in [9.17, 15) is 0 Å². The van der Waals surface area contributed by atoms with Gasteiger partial charge in [0.1, 0.15) is 0 Å². The van der Waals surface area contributed by atoms with Gasteiger partial charge in [-0.1, -0.05) is 6.07 Å². The van der Waals surface area contributed by atoms with Crippen LogP contribution >= 0.6 is 37.2 Å². The maximum absolute atomic E-state index is 6.03. The number of hydrogen-bond acceptors (Lipinski definition) is 4. The van der Waals surface area contributed by atoms with Crippen LogP contribution in [0.5, 0.6) is 0 Å². The largest absolute Gasteiger partial charge is 0.372 e. The highest BCUT2D eigenvalue weighted by molar-refractivity contribution is 5.86. The van der Waals surface area contributed by atoms with Gasteiger partial charge in [-0.05, 0) is 18.6 Å². The van der Waals surface area contributed by atoms with Gasteiger partial charge in [-0.25, -0.2) is 0 Å². The Morgan fingerprint density at radius 3 is 2.43 bits per heavy atom. The number of nitrogens with two attached hydrogens (primary N) is 1. The predicted molar refractivity (Wildman–Crippen MR) is 90.5 cm³/mol. The van der Waals surface area contributed by atoms with Gasteiger partial charge in [0.2, 0.25) is 0 Å². The Morgan fingerprint density at radius 1 is 1.05 bits per heavy atom. The van der Waals surface area contributed by atoms with Crippen LogP contribution in [-0.2, 0) is 4.74 Å². The van der Waals surface area contributed by atoms with Gasteiger partial charge in [-0.2, -0.15) is 0 Å². The maximum Gasteiger partial charge on any atom is 0.0991 e. The van der Waals surface area contributed by atoms with Crippen molar-refractivity contribution in [2.45, 2.75) is 18.6 Å². The summed E-state index contributed by atoms with van der Waals surface area (Å²) in [6.07, 6.45) is 8.13. The summed E-state index contributed by atoms with van der Waals surface area (Å²) in [5, 5.41) is 0. The van der Waals surface area contributed by atoms with Crippen molar-refractivity contribution in [3.8, 4) is 11.1 Å². The lowest BCUT2D eigenvalue weighted by Gasteiger charge is -2.15. The highest BCUT2D eigenvalue weighted by Crippen LogP contribution is 2.29. The molecule has 0 unspecified atom stereocenters. The third-order valence-corrected chi connectivity index (χ3v) is 3.22. The molecule has 1 fully saturated rings. The van der Waals surface area contributed by atoms with E-state index in [-0.39, 0.29) is 49.4 Å². The van der Waals surface area contributed by atoms with E-state index in [2.05, 4.69) is 16.0 Å². The van der Waals surface area contributed by atoms with Gasteiger partial charge in [-0.15, -0.1) is 37.2 Å². The van der Waals surface area contributed by atoms with E-state index >= 15 is 0 Å². The molecule has 7 heteroatoms. The van der Waals surface area contributed by atoms with E-state index in [1.807, 2.05) is 30.7 Å². The molecule has 4 nitrogen and oxygen atoms in total. The molecule has 2 atom stereocenters. The number of nitrogens with zero attached hydrogens (tertiary/aromatic N) is 2. The fourth-order valence-electron chi connectivity index (χ4n) is 2.25. The second-order valence-corrected chi connectivity index (χ2v) is 4.49. The summed E-state index contributed by atoms with van der Waals surface area (Å²) in [5.41, 5.74) is 9.18. The first-order valence-corrected chi connectivity index (χ1v) is 6.07. The molecule has 0 bridgehead atoms. The molecule has 3 rings (SSSR count). The average Bonchev–Trinajstić information content (AvgIpc) is 2.86. The average molecular weight is 351 g/mol. The first kappa shape index (κ1) is 20.1. The van der Waals surface area contributed by atoms with E-state index < -0.39 is 0 Å². The number of hydrogen-bond donors (Lipinski definition) is 1. The summed E-state index contributed by atoms with van der Waals surface area (Å²) in [7, 11) is 0. The summed E-state index contributed by atoms with van der Waals surface area (Å²) in [6.45, 7) is 0.725. The van der Waals surface area contributed by atoms with Crippen LogP contribution in [-0.4, -0.2) is 22.6 Å². The van der Waals surface area contributed by atoms with E-state index in [0.717, 1.165) is 29.7 Å². The summed E-state index contributed by atoms with van der Waals surface area (Å²) < 4.78 is 5.66. The quantitative estimate of drug-likeness (QED) is 0.903. The van der Waals surface area contributed by atoms with Crippen LogP contribution in [0.4, 0.5) is 0 Å². The minimum Gasteiger partial charge on any atom is -0.372 e. The fourth-order valence-corrected chi connectivity index (χ4v) is 2.25. The zero-order chi connectivity index (χ0) is 12.4. The second-order valence-electron chi connectivity index (χ2n) is 4.49. The van der Waals surface area contributed by atoms with Crippen molar-refractivity contribution >= 4 is 37.2 Å². The molecule has 3 heterocycles. The van der Waals surface area contributed by atoms with Gasteiger partial charge < -0.3 is 10.5 Å². The molecule has 2 aromatic heterocycles. The van der Waals surface area contributed by atoms with Crippen LogP contribution in [0.1, 0.15) is 18.1 Å². The molecule has 0 aromatic carbocycles. The summed E-state index contributed by atoms with van der Waals surface area (Å²) in [5.74, 6) is 0. The first-order chi connectivity index (χ1) is 8.84. The Bertz CT molecular complexity index is 542. The van der Waals surface area contributed by atoms with Crippen molar-refractivity contribution in [3.05, 3.63) is 48.5 Å². The molecule has 0 amide bonds. The van der Waals surface area contributed by atoms with Crippen LogP contribution in [0, 0.1) is 0 Å². The highest BCUT2D eigenvalue weighted by Gasteiger charge is 2.26.